The third-order valence-corrected chi connectivity index (χ3v) is 2.49. The Bertz CT molecular complexity index is 458. The first kappa shape index (κ1) is 11.5. The molecule has 1 unspecified atom stereocenters. The number of nitrogens with one attached hydrogen (secondary N) is 1. The zero-order valence-corrected chi connectivity index (χ0v) is 9.50. The van der Waals surface area contributed by atoms with Gasteiger partial charge in [-0.15, -0.1) is 0 Å². The number of hydrazine groups is 1. The lowest BCUT2D eigenvalue weighted by Crippen LogP contribution is -2.29. The van der Waals surface area contributed by atoms with Crippen molar-refractivity contribution in [3.63, 3.8) is 0 Å². The minimum atomic E-state index is -0.172. The second kappa shape index (κ2) is 5.38. The molecule has 0 spiro atoms. The predicted molar refractivity (Wildman–Crippen MR) is 64.2 cm³/mol. The number of methoxy groups -OCH3 is 1. The zero-order valence-electron chi connectivity index (χ0n) is 9.50. The Balaban J connectivity index is 2.29. The molecule has 1 aromatic carbocycles. The Hall–Kier alpha value is -1.98. The van der Waals surface area contributed by atoms with Gasteiger partial charge in [0.15, 0.2) is 0 Å². The van der Waals surface area contributed by atoms with Crippen molar-refractivity contribution in [3.8, 4) is 5.75 Å². The molecule has 1 atom stereocenters. The third-order valence-electron chi connectivity index (χ3n) is 2.49. The van der Waals surface area contributed by atoms with Crippen LogP contribution in [0.25, 0.3) is 0 Å². The number of hydrogen-bond donors (Lipinski definition) is 2. The lowest BCUT2D eigenvalue weighted by molar-refractivity contribution is 0.414. The highest BCUT2D eigenvalue weighted by molar-refractivity contribution is 5.32. The molecule has 5 nitrogen and oxygen atoms in total. The average Bonchev–Trinajstić information content (AvgIpc) is 2.42. The van der Waals surface area contributed by atoms with Crippen molar-refractivity contribution < 1.29 is 4.74 Å². The summed E-state index contributed by atoms with van der Waals surface area (Å²) in [4.78, 5) is 8.26. The number of nitrogens with two attached hydrogens (primary N) is 1. The van der Waals surface area contributed by atoms with Gasteiger partial charge in [-0.25, -0.2) is 5.43 Å². The maximum absolute atomic E-state index is 5.56. The maximum atomic E-state index is 5.56. The van der Waals surface area contributed by atoms with E-state index in [0.717, 1.165) is 17.0 Å². The SMILES string of the molecule is COc1ccc(C(NN)c2cnccn2)cc1. The van der Waals surface area contributed by atoms with Gasteiger partial charge in [-0.3, -0.25) is 15.8 Å². The maximum Gasteiger partial charge on any atom is 0.118 e. The van der Waals surface area contributed by atoms with Gasteiger partial charge in [0.2, 0.25) is 0 Å². The van der Waals surface area contributed by atoms with Gasteiger partial charge in [0.1, 0.15) is 5.75 Å². The molecule has 5 heteroatoms. The molecule has 0 amide bonds. The molecule has 0 aliphatic rings. The first-order valence-electron chi connectivity index (χ1n) is 5.21. The summed E-state index contributed by atoms with van der Waals surface area (Å²) in [5.74, 6) is 6.37. The number of nitrogens with zero attached hydrogens (tertiary/aromatic N) is 2. The first-order chi connectivity index (χ1) is 8.35. The van der Waals surface area contributed by atoms with Crippen LogP contribution in [0.4, 0.5) is 0 Å². The molecule has 1 aromatic heterocycles. The van der Waals surface area contributed by atoms with Crippen LogP contribution in [-0.2, 0) is 0 Å². The van der Waals surface area contributed by atoms with Gasteiger partial charge in [0.05, 0.1) is 25.0 Å². The Morgan fingerprint density at radius 1 is 1.24 bits per heavy atom. The van der Waals surface area contributed by atoms with E-state index in [2.05, 4.69) is 15.4 Å². The summed E-state index contributed by atoms with van der Waals surface area (Å²) in [5.41, 5.74) is 4.51. The Labute approximate surface area is 99.6 Å². The third kappa shape index (κ3) is 2.58. The molecule has 1 heterocycles. The monoisotopic (exact) mass is 230 g/mol. The van der Waals surface area contributed by atoms with Gasteiger partial charge in [0.25, 0.3) is 0 Å². The zero-order chi connectivity index (χ0) is 12.1. The summed E-state index contributed by atoms with van der Waals surface area (Å²) in [6.45, 7) is 0. The molecular weight excluding hydrogens is 216 g/mol. The van der Waals surface area contributed by atoms with E-state index in [4.69, 9.17) is 10.6 Å². The van der Waals surface area contributed by atoms with Crippen molar-refractivity contribution in [1.82, 2.24) is 15.4 Å². The molecule has 3 N–H and O–H groups in total. The number of benzene rings is 1. The molecule has 0 radical (unpaired) electrons. The number of aromatic nitrogens is 2. The highest BCUT2D eigenvalue weighted by Gasteiger charge is 2.13. The fourth-order valence-electron chi connectivity index (χ4n) is 1.61. The van der Waals surface area contributed by atoms with E-state index in [9.17, 15) is 0 Å². The van der Waals surface area contributed by atoms with Crippen molar-refractivity contribution in [1.29, 1.82) is 0 Å². The summed E-state index contributed by atoms with van der Waals surface area (Å²) in [6.07, 6.45) is 4.96. The second-order valence-corrected chi connectivity index (χ2v) is 3.50. The summed E-state index contributed by atoms with van der Waals surface area (Å²) in [7, 11) is 1.64. The highest BCUT2D eigenvalue weighted by Crippen LogP contribution is 2.21. The van der Waals surface area contributed by atoms with Gasteiger partial charge in [-0.05, 0) is 17.7 Å². The van der Waals surface area contributed by atoms with E-state index >= 15 is 0 Å². The molecule has 0 saturated heterocycles. The van der Waals surface area contributed by atoms with Crippen LogP contribution in [0.2, 0.25) is 0 Å². The van der Waals surface area contributed by atoms with Crippen LogP contribution < -0.4 is 16.0 Å². The first-order valence-corrected chi connectivity index (χ1v) is 5.21. The summed E-state index contributed by atoms with van der Waals surface area (Å²) >= 11 is 0. The van der Waals surface area contributed by atoms with Crippen LogP contribution in [0.15, 0.2) is 42.9 Å². The molecule has 0 fully saturated rings. The summed E-state index contributed by atoms with van der Waals surface area (Å²) in [5, 5.41) is 0. The second-order valence-electron chi connectivity index (χ2n) is 3.50. The number of rotatable bonds is 4. The van der Waals surface area contributed by atoms with E-state index in [1.807, 2.05) is 24.3 Å². The molecule has 17 heavy (non-hydrogen) atoms. The van der Waals surface area contributed by atoms with Crippen molar-refractivity contribution in [2.75, 3.05) is 7.11 Å². The minimum absolute atomic E-state index is 0.172. The highest BCUT2D eigenvalue weighted by atomic mass is 16.5. The quantitative estimate of drug-likeness (QED) is 0.606. The molecule has 0 bridgehead atoms. The Morgan fingerprint density at radius 3 is 2.53 bits per heavy atom. The van der Waals surface area contributed by atoms with E-state index in [-0.39, 0.29) is 6.04 Å². The van der Waals surface area contributed by atoms with Gasteiger partial charge in [0, 0.05) is 12.4 Å². The van der Waals surface area contributed by atoms with Crippen LogP contribution in [0.1, 0.15) is 17.3 Å². The normalized spacial score (nSPS) is 12.1. The summed E-state index contributed by atoms with van der Waals surface area (Å²) in [6, 6.07) is 7.48. The van der Waals surface area contributed by atoms with Crippen molar-refractivity contribution in [2.45, 2.75) is 6.04 Å². The van der Waals surface area contributed by atoms with Crippen molar-refractivity contribution in [3.05, 3.63) is 54.1 Å². The molecule has 0 saturated carbocycles. The van der Waals surface area contributed by atoms with E-state index in [1.165, 1.54) is 0 Å². The van der Waals surface area contributed by atoms with Crippen molar-refractivity contribution >= 4 is 0 Å². The molecule has 88 valence electrons. The summed E-state index contributed by atoms with van der Waals surface area (Å²) < 4.78 is 5.11. The molecule has 2 aromatic rings. The predicted octanol–water partition coefficient (Wildman–Crippen LogP) is 1.04. The van der Waals surface area contributed by atoms with Crippen LogP contribution in [0.3, 0.4) is 0 Å². The van der Waals surface area contributed by atoms with Gasteiger partial charge in [-0.2, -0.15) is 0 Å². The number of hydrogen-bond acceptors (Lipinski definition) is 5. The van der Waals surface area contributed by atoms with E-state index < -0.39 is 0 Å². The van der Waals surface area contributed by atoms with Crippen molar-refractivity contribution in [2.24, 2.45) is 5.84 Å². The van der Waals surface area contributed by atoms with Crippen LogP contribution >= 0.6 is 0 Å². The lowest BCUT2D eigenvalue weighted by Gasteiger charge is -2.15. The van der Waals surface area contributed by atoms with Gasteiger partial charge >= 0.3 is 0 Å². The fourth-order valence-corrected chi connectivity index (χ4v) is 1.61. The number of ether oxygens (including phenoxy) is 1. The standard InChI is InChI=1S/C12H14N4O/c1-17-10-4-2-9(3-5-10)12(16-13)11-8-14-6-7-15-11/h2-8,12,16H,13H2,1H3. The molecule has 0 aliphatic heterocycles. The molecule has 2 rings (SSSR count). The van der Waals surface area contributed by atoms with Crippen LogP contribution in [-0.4, -0.2) is 17.1 Å². The molecular formula is C12H14N4O. The Kier molecular flexibility index (Phi) is 3.64. The minimum Gasteiger partial charge on any atom is -0.497 e. The van der Waals surface area contributed by atoms with Gasteiger partial charge < -0.3 is 4.74 Å². The van der Waals surface area contributed by atoms with Gasteiger partial charge in [-0.1, -0.05) is 12.1 Å². The average molecular weight is 230 g/mol. The van der Waals surface area contributed by atoms with Crippen LogP contribution in [0.5, 0.6) is 5.75 Å². The molecule has 0 aliphatic carbocycles. The van der Waals surface area contributed by atoms with E-state index in [0.29, 0.717) is 0 Å². The smallest absolute Gasteiger partial charge is 0.118 e. The largest absolute Gasteiger partial charge is 0.497 e. The fraction of sp³-hybridized carbons (Fsp3) is 0.167. The van der Waals surface area contributed by atoms with E-state index in [1.54, 1.807) is 25.7 Å². The lowest BCUT2D eigenvalue weighted by atomic mass is 10.0. The topological polar surface area (TPSA) is 73.1 Å². The Morgan fingerprint density at radius 2 is 2.00 bits per heavy atom. The van der Waals surface area contributed by atoms with Crippen LogP contribution in [0, 0.1) is 0 Å².